The standard InChI is InChI=1S/C14H22O3/c1-4-8-13(11(3)12(15)5-2)17-14-9-6-7-10-16-14/h1,5,11-15H,2,6-10H2,3H3/t11-,12-,13+,14-/m0/s1. The highest BCUT2D eigenvalue weighted by atomic mass is 16.7. The van der Waals surface area contributed by atoms with Gasteiger partial charge >= 0.3 is 0 Å². The van der Waals surface area contributed by atoms with Crippen molar-refractivity contribution in [3.63, 3.8) is 0 Å². The molecule has 1 aliphatic heterocycles. The lowest BCUT2D eigenvalue weighted by molar-refractivity contribution is -0.200. The second-order valence-electron chi connectivity index (χ2n) is 4.46. The van der Waals surface area contributed by atoms with E-state index in [0.29, 0.717) is 6.42 Å². The maximum atomic E-state index is 9.75. The first-order valence-electron chi connectivity index (χ1n) is 6.20. The topological polar surface area (TPSA) is 38.7 Å². The molecule has 1 fully saturated rings. The largest absolute Gasteiger partial charge is 0.389 e. The number of aliphatic hydroxyl groups is 1. The summed E-state index contributed by atoms with van der Waals surface area (Å²) in [5, 5.41) is 9.75. The predicted octanol–water partition coefficient (Wildman–Crippen LogP) is 2.10. The van der Waals surface area contributed by atoms with Crippen LogP contribution < -0.4 is 0 Å². The molecule has 1 N–H and O–H groups in total. The third-order valence-corrected chi connectivity index (χ3v) is 3.15. The SMILES string of the molecule is C#CC[C@@H](O[C@H]1CCCCO1)[C@@H](C)[C@@H](O)C=C. The molecular weight excluding hydrogens is 216 g/mol. The Labute approximate surface area is 104 Å². The maximum absolute atomic E-state index is 9.75. The molecule has 1 rings (SSSR count). The summed E-state index contributed by atoms with van der Waals surface area (Å²) in [6, 6.07) is 0. The summed E-state index contributed by atoms with van der Waals surface area (Å²) in [5.74, 6) is 2.52. The lowest BCUT2D eigenvalue weighted by atomic mass is 9.95. The summed E-state index contributed by atoms with van der Waals surface area (Å²) in [7, 11) is 0. The van der Waals surface area contributed by atoms with Crippen molar-refractivity contribution in [2.75, 3.05) is 6.61 Å². The zero-order valence-corrected chi connectivity index (χ0v) is 10.5. The Bertz CT molecular complexity index is 263. The van der Waals surface area contributed by atoms with Crippen LogP contribution in [0.25, 0.3) is 0 Å². The van der Waals surface area contributed by atoms with E-state index in [2.05, 4.69) is 12.5 Å². The number of ether oxygens (including phenoxy) is 2. The Morgan fingerprint density at radius 2 is 2.41 bits per heavy atom. The van der Waals surface area contributed by atoms with Gasteiger partial charge in [-0.1, -0.05) is 13.0 Å². The molecule has 0 aliphatic carbocycles. The van der Waals surface area contributed by atoms with Crippen LogP contribution in [-0.4, -0.2) is 30.2 Å². The van der Waals surface area contributed by atoms with Crippen molar-refractivity contribution >= 4 is 0 Å². The quantitative estimate of drug-likeness (QED) is 0.569. The molecule has 0 bridgehead atoms. The lowest BCUT2D eigenvalue weighted by Gasteiger charge is -2.31. The average Bonchev–Trinajstić information content (AvgIpc) is 2.37. The molecule has 0 aromatic rings. The normalized spacial score (nSPS) is 25.6. The first-order valence-corrected chi connectivity index (χ1v) is 6.20. The highest BCUT2D eigenvalue weighted by Gasteiger charge is 2.26. The molecular formula is C14H22O3. The van der Waals surface area contributed by atoms with E-state index in [1.807, 2.05) is 6.92 Å². The highest BCUT2D eigenvalue weighted by Crippen LogP contribution is 2.22. The Balaban J connectivity index is 2.52. The fourth-order valence-corrected chi connectivity index (χ4v) is 1.92. The van der Waals surface area contributed by atoms with Gasteiger partial charge in [-0.2, -0.15) is 0 Å². The summed E-state index contributed by atoms with van der Waals surface area (Å²) in [6.07, 6.45) is 9.47. The Morgan fingerprint density at radius 3 is 2.94 bits per heavy atom. The van der Waals surface area contributed by atoms with Crippen LogP contribution in [0.5, 0.6) is 0 Å². The predicted molar refractivity (Wildman–Crippen MR) is 67.3 cm³/mol. The Morgan fingerprint density at radius 1 is 1.65 bits per heavy atom. The maximum Gasteiger partial charge on any atom is 0.158 e. The fraction of sp³-hybridized carbons (Fsp3) is 0.714. The molecule has 0 aromatic heterocycles. The van der Waals surface area contributed by atoms with Crippen LogP contribution in [0.1, 0.15) is 32.6 Å². The van der Waals surface area contributed by atoms with Crippen molar-refractivity contribution in [1.82, 2.24) is 0 Å². The van der Waals surface area contributed by atoms with Gasteiger partial charge in [0.1, 0.15) is 0 Å². The van der Waals surface area contributed by atoms with E-state index in [-0.39, 0.29) is 18.3 Å². The van der Waals surface area contributed by atoms with Crippen LogP contribution in [0.4, 0.5) is 0 Å². The van der Waals surface area contributed by atoms with Crippen molar-refractivity contribution in [3.8, 4) is 12.3 Å². The number of hydrogen-bond donors (Lipinski definition) is 1. The molecule has 0 radical (unpaired) electrons. The minimum atomic E-state index is -0.600. The average molecular weight is 238 g/mol. The van der Waals surface area contributed by atoms with Gasteiger partial charge in [-0.25, -0.2) is 0 Å². The van der Waals surface area contributed by atoms with Gasteiger partial charge in [0.05, 0.1) is 12.2 Å². The summed E-state index contributed by atoms with van der Waals surface area (Å²) < 4.78 is 11.4. The van der Waals surface area contributed by atoms with E-state index in [0.717, 1.165) is 25.9 Å². The Kier molecular flexibility index (Phi) is 6.28. The third-order valence-electron chi connectivity index (χ3n) is 3.15. The minimum absolute atomic E-state index is 0.0749. The van der Waals surface area contributed by atoms with Crippen LogP contribution in [0.15, 0.2) is 12.7 Å². The molecule has 3 nitrogen and oxygen atoms in total. The molecule has 96 valence electrons. The smallest absolute Gasteiger partial charge is 0.158 e. The molecule has 1 heterocycles. The van der Waals surface area contributed by atoms with Crippen LogP contribution in [0.2, 0.25) is 0 Å². The molecule has 1 aliphatic rings. The van der Waals surface area contributed by atoms with Gasteiger partial charge in [-0.05, 0) is 19.3 Å². The van der Waals surface area contributed by atoms with Crippen molar-refractivity contribution in [3.05, 3.63) is 12.7 Å². The molecule has 17 heavy (non-hydrogen) atoms. The molecule has 3 heteroatoms. The van der Waals surface area contributed by atoms with Gasteiger partial charge < -0.3 is 14.6 Å². The van der Waals surface area contributed by atoms with E-state index in [4.69, 9.17) is 15.9 Å². The summed E-state index contributed by atoms with van der Waals surface area (Å²) in [4.78, 5) is 0. The molecule has 0 spiro atoms. The van der Waals surface area contributed by atoms with E-state index < -0.39 is 6.10 Å². The van der Waals surface area contributed by atoms with Crippen LogP contribution in [-0.2, 0) is 9.47 Å². The van der Waals surface area contributed by atoms with Gasteiger partial charge in [0.25, 0.3) is 0 Å². The van der Waals surface area contributed by atoms with E-state index in [1.54, 1.807) is 0 Å². The number of aliphatic hydroxyl groups excluding tert-OH is 1. The van der Waals surface area contributed by atoms with E-state index >= 15 is 0 Å². The first-order chi connectivity index (χ1) is 8.19. The number of terminal acetylenes is 1. The first kappa shape index (κ1) is 14.2. The molecule has 0 amide bonds. The summed E-state index contributed by atoms with van der Waals surface area (Å²) >= 11 is 0. The lowest BCUT2D eigenvalue weighted by Crippen LogP contribution is -2.35. The van der Waals surface area contributed by atoms with Gasteiger partial charge in [0.15, 0.2) is 6.29 Å². The van der Waals surface area contributed by atoms with Crippen LogP contribution >= 0.6 is 0 Å². The van der Waals surface area contributed by atoms with Crippen molar-refractivity contribution in [2.45, 2.75) is 51.1 Å². The zero-order chi connectivity index (χ0) is 12.7. The fourth-order valence-electron chi connectivity index (χ4n) is 1.92. The molecule has 1 saturated heterocycles. The Hall–Kier alpha value is -0.820. The number of rotatable bonds is 6. The zero-order valence-electron chi connectivity index (χ0n) is 10.5. The molecule has 0 aromatic carbocycles. The van der Waals surface area contributed by atoms with Crippen molar-refractivity contribution in [1.29, 1.82) is 0 Å². The van der Waals surface area contributed by atoms with Gasteiger partial charge in [-0.15, -0.1) is 18.9 Å². The monoisotopic (exact) mass is 238 g/mol. The second kappa shape index (κ2) is 7.50. The molecule has 0 unspecified atom stereocenters. The van der Waals surface area contributed by atoms with E-state index in [9.17, 15) is 5.11 Å². The molecule has 0 saturated carbocycles. The van der Waals surface area contributed by atoms with Crippen molar-refractivity contribution < 1.29 is 14.6 Å². The van der Waals surface area contributed by atoms with E-state index in [1.165, 1.54) is 6.08 Å². The summed E-state index contributed by atoms with van der Waals surface area (Å²) in [6.45, 7) is 6.24. The summed E-state index contributed by atoms with van der Waals surface area (Å²) in [5.41, 5.74) is 0. The van der Waals surface area contributed by atoms with Gasteiger partial charge in [0.2, 0.25) is 0 Å². The van der Waals surface area contributed by atoms with Gasteiger partial charge in [0, 0.05) is 18.9 Å². The van der Waals surface area contributed by atoms with Gasteiger partial charge in [-0.3, -0.25) is 0 Å². The third kappa shape index (κ3) is 4.51. The highest BCUT2D eigenvalue weighted by molar-refractivity contribution is 4.94. The minimum Gasteiger partial charge on any atom is -0.389 e. The van der Waals surface area contributed by atoms with Crippen molar-refractivity contribution in [2.24, 2.45) is 5.92 Å². The van der Waals surface area contributed by atoms with Crippen LogP contribution in [0, 0.1) is 18.3 Å². The second-order valence-corrected chi connectivity index (χ2v) is 4.46. The van der Waals surface area contributed by atoms with Crippen LogP contribution in [0.3, 0.4) is 0 Å². The number of hydrogen-bond acceptors (Lipinski definition) is 3. The molecule has 4 atom stereocenters.